The first kappa shape index (κ1) is 18.5. The van der Waals surface area contributed by atoms with Crippen molar-refractivity contribution in [3.63, 3.8) is 0 Å². The van der Waals surface area contributed by atoms with Crippen LogP contribution in [-0.2, 0) is 9.59 Å². The van der Waals surface area contributed by atoms with Crippen molar-refractivity contribution >= 4 is 23.7 Å². The van der Waals surface area contributed by atoms with Crippen LogP contribution in [0, 0.1) is 5.92 Å². The van der Waals surface area contributed by atoms with Gasteiger partial charge in [0.15, 0.2) is 0 Å². The van der Waals surface area contributed by atoms with Crippen molar-refractivity contribution < 1.29 is 9.59 Å². The summed E-state index contributed by atoms with van der Waals surface area (Å²) in [5, 5.41) is 3.96. The second kappa shape index (κ2) is 8.86. The molecule has 1 unspecified atom stereocenters. The van der Waals surface area contributed by atoms with Crippen LogP contribution in [0.3, 0.4) is 0 Å². The molecule has 1 aromatic carbocycles. The van der Waals surface area contributed by atoms with Crippen molar-refractivity contribution in [2.24, 2.45) is 11.0 Å². The molecule has 0 bridgehead atoms. The van der Waals surface area contributed by atoms with Gasteiger partial charge in [0.25, 0.3) is 0 Å². The molecular formula is C18H25N5O2. The smallest absolute Gasteiger partial charge is 0.247 e. The fourth-order valence-electron chi connectivity index (χ4n) is 2.65. The molecule has 7 nitrogen and oxygen atoms in total. The van der Waals surface area contributed by atoms with Gasteiger partial charge in [-0.1, -0.05) is 18.7 Å². The maximum absolute atomic E-state index is 11.8. The summed E-state index contributed by atoms with van der Waals surface area (Å²) < 4.78 is 0. The topological polar surface area (TPSA) is 85.8 Å². The Balaban J connectivity index is 1.79. The molecule has 1 heterocycles. The van der Waals surface area contributed by atoms with E-state index >= 15 is 0 Å². The summed E-state index contributed by atoms with van der Waals surface area (Å²) in [6, 6.07) is 7.99. The van der Waals surface area contributed by atoms with Crippen LogP contribution in [0.2, 0.25) is 0 Å². The van der Waals surface area contributed by atoms with Crippen molar-refractivity contribution in [2.45, 2.75) is 26.7 Å². The molecule has 1 aliphatic rings. The van der Waals surface area contributed by atoms with E-state index in [2.05, 4.69) is 46.7 Å². The Hall–Kier alpha value is -2.83. The zero-order chi connectivity index (χ0) is 18.2. The van der Waals surface area contributed by atoms with Gasteiger partial charge >= 0.3 is 0 Å². The fraction of sp³-hybridized carbons (Fsp3) is 0.389. The monoisotopic (exact) mass is 343 g/mol. The summed E-state index contributed by atoms with van der Waals surface area (Å²) in [4.78, 5) is 25.6. The normalized spacial score (nSPS) is 16.6. The fourth-order valence-corrected chi connectivity index (χ4v) is 2.65. The van der Waals surface area contributed by atoms with E-state index < -0.39 is 0 Å². The molecule has 0 saturated carbocycles. The molecule has 1 saturated heterocycles. The van der Waals surface area contributed by atoms with Gasteiger partial charge in [-0.2, -0.15) is 5.10 Å². The van der Waals surface area contributed by atoms with Gasteiger partial charge in [-0.15, -0.1) is 0 Å². The molecule has 1 aliphatic heterocycles. The highest BCUT2D eigenvalue weighted by atomic mass is 16.2. The Morgan fingerprint density at radius 1 is 1.28 bits per heavy atom. The first-order chi connectivity index (χ1) is 12.0. The Morgan fingerprint density at radius 3 is 2.52 bits per heavy atom. The van der Waals surface area contributed by atoms with Crippen LogP contribution in [-0.4, -0.2) is 31.1 Å². The van der Waals surface area contributed by atoms with E-state index in [1.54, 1.807) is 6.21 Å². The third-order valence-corrected chi connectivity index (χ3v) is 4.17. The van der Waals surface area contributed by atoms with Crippen molar-refractivity contribution in [2.75, 3.05) is 18.0 Å². The molecule has 1 fully saturated rings. The van der Waals surface area contributed by atoms with Gasteiger partial charge in [0.1, 0.15) is 0 Å². The molecule has 0 spiro atoms. The molecule has 0 aromatic heterocycles. The van der Waals surface area contributed by atoms with Crippen LogP contribution >= 0.6 is 0 Å². The van der Waals surface area contributed by atoms with Crippen molar-refractivity contribution in [1.29, 1.82) is 0 Å². The minimum absolute atomic E-state index is 0.158. The quantitative estimate of drug-likeness (QED) is 0.493. The van der Waals surface area contributed by atoms with E-state index in [1.807, 2.05) is 24.3 Å². The summed E-state index contributed by atoms with van der Waals surface area (Å²) >= 11 is 0. The third-order valence-electron chi connectivity index (χ3n) is 4.17. The van der Waals surface area contributed by atoms with Gasteiger partial charge in [0.05, 0.1) is 12.1 Å². The predicted octanol–water partition coefficient (Wildman–Crippen LogP) is 1.53. The molecule has 1 aromatic rings. The zero-order valence-corrected chi connectivity index (χ0v) is 14.7. The molecule has 3 N–H and O–H groups in total. The van der Waals surface area contributed by atoms with Crippen molar-refractivity contribution in [3.8, 4) is 0 Å². The minimum Gasteiger partial charge on any atom is -0.372 e. The summed E-state index contributed by atoms with van der Waals surface area (Å²) in [6.45, 7) is 9.90. The highest BCUT2D eigenvalue weighted by Gasteiger charge is 2.27. The number of nitrogens with one attached hydrogen (secondary N) is 3. The molecule has 25 heavy (non-hydrogen) atoms. The number of anilines is 1. The summed E-state index contributed by atoms with van der Waals surface area (Å²) in [5.74, 6) is -0.763. The van der Waals surface area contributed by atoms with Crippen LogP contribution in [0.15, 0.2) is 41.6 Å². The molecule has 7 heteroatoms. The van der Waals surface area contributed by atoms with Gasteiger partial charge < -0.3 is 10.3 Å². The van der Waals surface area contributed by atoms with Crippen LogP contribution in [0.4, 0.5) is 5.69 Å². The van der Waals surface area contributed by atoms with Gasteiger partial charge in [0, 0.05) is 30.9 Å². The van der Waals surface area contributed by atoms with E-state index in [9.17, 15) is 9.59 Å². The number of amides is 2. The van der Waals surface area contributed by atoms with Crippen LogP contribution in [0.1, 0.15) is 32.3 Å². The average Bonchev–Trinajstić information content (AvgIpc) is 2.93. The number of hydrogen-bond acceptors (Lipinski definition) is 5. The Labute approximate surface area is 148 Å². The number of benzene rings is 1. The molecule has 1 atom stereocenters. The second-order valence-electron chi connectivity index (χ2n) is 5.79. The predicted molar refractivity (Wildman–Crippen MR) is 98.9 cm³/mol. The molecule has 2 rings (SSSR count). The molecule has 0 radical (unpaired) electrons. The molecule has 134 valence electrons. The zero-order valence-electron chi connectivity index (χ0n) is 14.7. The summed E-state index contributed by atoms with van der Waals surface area (Å²) in [5.41, 5.74) is 10.3. The molecule has 2 amide bonds. The number of rotatable bonds is 8. The average molecular weight is 343 g/mol. The number of hydrazine groups is 1. The lowest BCUT2D eigenvalue weighted by molar-refractivity contribution is -0.123. The van der Waals surface area contributed by atoms with Gasteiger partial charge in [-0.05, 0) is 38.0 Å². The third kappa shape index (κ3) is 5.07. The van der Waals surface area contributed by atoms with Crippen molar-refractivity contribution in [3.05, 3.63) is 42.1 Å². The summed E-state index contributed by atoms with van der Waals surface area (Å²) in [7, 11) is 0. The minimum atomic E-state index is -0.373. The molecular weight excluding hydrogens is 318 g/mol. The van der Waals surface area contributed by atoms with E-state index in [1.165, 1.54) is 0 Å². The maximum Gasteiger partial charge on any atom is 0.247 e. The molecule has 0 aliphatic carbocycles. The highest BCUT2D eigenvalue weighted by Crippen LogP contribution is 2.17. The first-order valence-corrected chi connectivity index (χ1v) is 8.46. The van der Waals surface area contributed by atoms with Gasteiger partial charge in [-0.25, -0.2) is 5.43 Å². The number of nitrogens with zero attached hydrogens (tertiary/aromatic N) is 2. The Bertz CT molecular complexity index is 634. The van der Waals surface area contributed by atoms with E-state index in [-0.39, 0.29) is 24.2 Å². The van der Waals surface area contributed by atoms with E-state index in [0.29, 0.717) is 12.1 Å². The first-order valence-electron chi connectivity index (χ1n) is 8.46. The van der Waals surface area contributed by atoms with E-state index in [4.69, 9.17) is 0 Å². The lowest BCUT2D eigenvalue weighted by Gasteiger charge is -2.20. The van der Waals surface area contributed by atoms with Gasteiger partial charge in [-0.3, -0.25) is 15.0 Å². The lowest BCUT2D eigenvalue weighted by atomic mass is 10.0. The summed E-state index contributed by atoms with van der Waals surface area (Å²) in [6.07, 6.45) is 2.21. The van der Waals surface area contributed by atoms with Crippen molar-refractivity contribution in [1.82, 2.24) is 16.3 Å². The highest BCUT2D eigenvalue weighted by molar-refractivity contribution is 5.85. The lowest BCUT2D eigenvalue weighted by Crippen LogP contribution is -2.26. The van der Waals surface area contributed by atoms with Gasteiger partial charge in [0.2, 0.25) is 11.8 Å². The van der Waals surface area contributed by atoms with Crippen LogP contribution < -0.4 is 21.2 Å². The van der Waals surface area contributed by atoms with Crippen LogP contribution in [0.25, 0.3) is 0 Å². The SMILES string of the molecule is C=C1NNC(=O)C1CCC(=O)NN=Cc1ccc(N(CC)CC)cc1. The number of hydrogen-bond donors (Lipinski definition) is 3. The Morgan fingerprint density at radius 2 is 1.96 bits per heavy atom. The maximum atomic E-state index is 11.8. The Kier molecular flexibility index (Phi) is 6.56. The van der Waals surface area contributed by atoms with Crippen LogP contribution in [0.5, 0.6) is 0 Å². The number of carbonyl (C=O) groups excluding carboxylic acids is 2. The standard InChI is InChI=1S/C18H25N5O2/c1-4-23(5-2)15-8-6-14(7-9-15)12-19-21-17(24)11-10-16-13(3)20-22-18(16)25/h6-9,12,16,20H,3-5,10-11H2,1-2H3,(H,21,24)(H,22,25). The number of carbonyl (C=O) groups is 2. The van der Waals surface area contributed by atoms with E-state index in [0.717, 1.165) is 24.3 Å². The largest absolute Gasteiger partial charge is 0.372 e. The number of hydrazone groups is 1. The second-order valence-corrected chi connectivity index (χ2v) is 5.79.